The molecule has 0 aromatic rings. The maximum absolute atomic E-state index is 11.0. The average molecular weight is 200 g/mol. The van der Waals surface area contributed by atoms with Crippen molar-refractivity contribution in [3.8, 4) is 0 Å². The molecular weight excluding hydrogens is 194 g/mol. The number of nitrogens with zero attached hydrogens (tertiary/aromatic N) is 3. The summed E-state index contributed by atoms with van der Waals surface area (Å²) in [6.45, 7) is 0. The fourth-order valence-electron chi connectivity index (χ4n) is 1.04. The first-order chi connectivity index (χ1) is 6.15. The largest absolute Gasteiger partial charge is 0.769 e. The first kappa shape index (κ1) is 9.91. The van der Waals surface area contributed by atoms with Gasteiger partial charge in [-0.3, -0.25) is 9.00 Å². The minimum atomic E-state index is -2.32. The van der Waals surface area contributed by atoms with Crippen molar-refractivity contribution in [2.75, 3.05) is 0 Å². The van der Waals surface area contributed by atoms with Gasteiger partial charge < -0.3 is 4.55 Å². The first-order valence-corrected chi connectivity index (χ1v) is 4.59. The maximum atomic E-state index is 11.0. The molecule has 70 valence electrons. The van der Waals surface area contributed by atoms with Gasteiger partial charge in [0.2, 0.25) is 0 Å². The third kappa shape index (κ3) is 2.38. The zero-order valence-corrected chi connectivity index (χ0v) is 7.36. The summed E-state index contributed by atoms with van der Waals surface area (Å²) in [7, 11) is 0. The van der Waals surface area contributed by atoms with E-state index < -0.39 is 17.1 Å². The lowest BCUT2D eigenvalue weighted by Crippen LogP contribution is -2.21. The summed E-state index contributed by atoms with van der Waals surface area (Å²) < 4.78 is 21.0. The Bertz CT molecular complexity index is 332. The maximum Gasteiger partial charge on any atom is 0.145 e. The van der Waals surface area contributed by atoms with Crippen LogP contribution in [-0.4, -0.2) is 20.6 Å². The van der Waals surface area contributed by atoms with Crippen molar-refractivity contribution in [1.29, 1.82) is 0 Å². The van der Waals surface area contributed by atoms with Crippen LogP contribution in [0.25, 0.3) is 10.4 Å². The molecule has 0 bridgehead atoms. The molecule has 0 saturated heterocycles. The fourth-order valence-corrected chi connectivity index (χ4v) is 1.55. The van der Waals surface area contributed by atoms with Gasteiger partial charge in [-0.2, -0.15) is 0 Å². The Kier molecular flexibility index (Phi) is 3.18. The quantitative estimate of drug-likeness (QED) is 0.284. The Labute approximate surface area is 76.5 Å². The zero-order valence-electron chi connectivity index (χ0n) is 6.54. The molecule has 0 aromatic carbocycles. The van der Waals surface area contributed by atoms with Crippen LogP contribution in [0.5, 0.6) is 0 Å². The van der Waals surface area contributed by atoms with E-state index in [0.717, 1.165) is 0 Å². The van der Waals surface area contributed by atoms with Gasteiger partial charge in [0.05, 0.1) is 0 Å². The Morgan fingerprint density at radius 1 is 1.69 bits per heavy atom. The number of rotatable bonds is 2. The first-order valence-electron chi connectivity index (χ1n) is 3.52. The Hall–Kier alpha value is -1.17. The van der Waals surface area contributed by atoms with Crippen LogP contribution in [0, 0.1) is 0 Å². The number of carbonyl (C=O) groups excluding carboxylic acids is 1. The van der Waals surface area contributed by atoms with Gasteiger partial charge in [-0.05, 0) is 27.9 Å². The zero-order chi connectivity index (χ0) is 9.84. The molecule has 0 heterocycles. The molecule has 7 heteroatoms. The summed E-state index contributed by atoms with van der Waals surface area (Å²) in [5.74, 6) is -0.244. The minimum absolute atomic E-state index is 0.115. The Balaban J connectivity index is 2.93. The molecule has 13 heavy (non-hydrogen) atoms. The number of Topliss-reactive ketones (excluding diaryl/α,β-unsaturated/α-hetero) is 1. The molecule has 6 nitrogen and oxygen atoms in total. The van der Waals surface area contributed by atoms with E-state index in [9.17, 15) is 13.6 Å². The average Bonchev–Trinajstić information content (AvgIpc) is 2.08. The molecule has 2 atom stereocenters. The summed E-state index contributed by atoms with van der Waals surface area (Å²) in [6.07, 6.45) is 1.50. The molecule has 0 N–H and O–H groups in total. The van der Waals surface area contributed by atoms with E-state index in [1.165, 1.54) is 6.08 Å². The van der Waals surface area contributed by atoms with Gasteiger partial charge in [-0.1, -0.05) is 11.2 Å². The molecule has 0 fully saturated rings. The van der Waals surface area contributed by atoms with E-state index in [2.05, 4.69) is 10.0 Å². The van der Waals surface area contributed by atoms with E-state index in [1.54, 1.807) is 0 Å². The summed E-state index contributed by atoms with van der Waals surface area (Å²) >= 11 is -2.32. The molecule has 0 saturated carbocycles. The highest BCUT2D eigenvalue weighted by molar-refractivity contribution is 7.83. The van der Waals surface area contributed by atoms with Crippen LogP contribution in [-0.2, 0) is 15.9 Å². The number of carbonyl (C=O) groups is 1. The lowest BCUT2D eigenvalue weighted by molar-refractivity contribution is -0.119. The van der Waals surface area contributed by atoms with Gasteiger partial charge in [-0.15, -0.1) is 0 Å². The number of allylic oxidation sites excluding steroid dienone is 1. The highest BCUT2D eigenvalue weighted by Gasteiger charge is 2.20. The molecular formula is C6H6N3O3S-. The fraction of sp³-hybridized carbons (Fsp3) is 0.500. The van der Waals surface area contributed by atoms with E-state index in [-0.39, 0.29) is 23.5 Å². The van der Waals surface area contributed by atoms with Crippen LogP contribution in [0.15, 0.2) is 16.1 Å². The molecule has 0 spiro atoms. The van der Waals surface area contributed by atoms with Gasteiger partial charge in [0.25, 0.3) is 0 Å². The molecule has 0 aromatic heterocycles. The highest BCUT2D eigenvalue weighted by Crippen LogP contribution is 2.19. The van der Waals surface area contributed by atoms with E-state index in [0.29, 0.717) is 0 Å². The van der Waals surface area contributed by atoms with E-state index in [1.807, 2.05) is 0 Å². The molecule has 0 radical (unpaired) electrons. The minimum Gasteiger partial charge on any atom is -0.769 e. The van der Waals surface area contributed by atoms with Crippen LogP contribution in [0.1, 0.15) is 12.8 Å². The van der Waals surface area contributed by atoms with Crippen molar-refractivity contribution in [3.05, 3.63) is 21.4 Å². The number of ketones is 1. The summed E-state index contributed by atoms with van der Waals surface area (Å²) in [6, 6.07) is -0.952. The second-order valence-electron chi connectivity index (χ2n) is 2.48. The lowest BCUT2D eigenvalue weighted by Gasteiger charge is -2.17. The number of azide groups is 1. The van der Waals surface area contributed by atoms with Crippen LogP contribution in [0.4, 0.5) is 0 Å². The summed E-state index contributed by atoms with van der Waals surface area (Å²) in [5.41, 5.74) is 8.08. The number of hydrogen-bond donors (Lipinski definition) is 0. The van der Waals surface area contributed by atoms with Crippen molar-refractivity contribution < 1.29 is 13.6 Å². The lowest BCUT2D eigenvalue weighted by atomic mass is 10.0. The second kappa shape index (κ2) is 4.18. The van der Waals surface area contributed by atoms with Gasteiger partial charge in [0.1, 0.15) is 11.8 Å². The predicted octanol–water partition coefficient (Wildman–Crippen LogP) is 0.791. The molecule has 1 rings (SSSR count). The Morgan fingerprint density at radius 3 is 2.92 bits per heavy atom. The molecule has 2 unspecified atom stereocenters. The van der Waals surface area contributed by atoms with E-state index in [4.69, 9.17) is 5.53 Å². The van der Waals surface area contributed by atoms with Crippen molar-refractivity contribution in [2.24, 2.45) is 5.11 Å². The Morgan fingerprint density at radius 2 is 2.38 bits per heavy atom. The standard InChI is InChI=1S/C6H7N3O3S/c7-9-8-5-3-4(13(11)12)1-2-6(5)10/h3,5H,1-2H2,(H,11,12)/p-1. The normalized spacial score (nSPS) is 24.5. The third-order valence-corrected chi connectivity index (χ3v) is 2.45. The van der Waals surface area contributed by atoms with Crippen molar-refractivity contribution >= 4 is 16.9 Å². The van der Waals surface area contributed by atoms with Crippen molar-refractivity contribution in [1.82, 2.24) is 0 Å². The van der Waals surface area contributed by atoms with Crippen LogP contribution < -0.4 is 0 Å². The van der Waals surface area contributed by atoms with Gasteiger partial charge in [-0.25, -0.2) is 0 Å². The topological polar surface area (TPSA) is 106 Å². The highest BCUT2D eigenvalue weighted by atomic mass is 32.2. The van der Waals surface area contributed by atoms with E-state index >= 15 is 0 Å². The van der Waals surface area contributed by atoms with Gasteiger partial charge in [0.15, 0.2) is 0 Å². The molecule has 0 amide bonds. The smallest absolute Gasteiger partial charge is 0.145 e. The third-order valence-electron chi connectivity index (χ3n) is 1.68. The SMILES string of the molecule is [N-]=[N+]=NC1C=C(S(=O)[O-])CCC1=O. The monoisotopic (exact) mass is 200 g/mol. The van der Waals surface area contributed by atoms with Crippen LogP contribution in [0.3, 0.4) is 0 Å². The second-order valence-corrected chi connectivity index (χ2v) is 3.48. The predicted molar refractivity (Wildman–Crippen MR) is 44.2 cm³/mol. The molecule has 1 aliphatic rings. The number of hydrogen-bond acceptors (Lipinski definition) is 4. The van der Waals surface area contributed by atoms with Crippen LogP contribution >= 0.6 is 0 Å². The van der Waals surface area contributed by atoms with Crippen LogP contribution in [0.2, 0.25) is 0 Å². The van der Waals surface area contributed by atoms with Gasteiger partial charge >= 0.3 is 0 Å². The molecule has 1 aliphatic carbocycles. The summed E-state index contributed by atoms with van der Waals surface area (Å²) in [4.78, 5) is 13.6. The molecule has 0 aliphatic heterocycles. The van der Waals surface area contributed by atoms with Gasteiger partial charge in [0, 0.05) is 11.3 Å². The van der Waals surface area contributed by atoms with Crippen molar-refractivity contribution in [3.63, 3.8) is 0 Å². The van der Waals surface area contributed by atoms with Crippen molar-refractivity contribution in [2.45, 2.75) is 18.9 Å². The summed E-state index contributed by atoms with van der Waals surface area (Å²) in [5, 5.41) is 3.18.